The molecule has 0 saturated carbocycles. The highest BCUT2D eigenvalue weighted by molar-refractivity contribution is 7.79. The Morgan fingerprint density at radius 2 is 2.10 bits per heavy atom. The zero-order valence-corrected chi connectivity index (χ0v) is 6.83. The van der Waals surface area contributed by atoms with E-state index in [1.54, 1.807) is 0 Å². The number of nitrogens with zero attached hydrogens (tertiary/aromatic N) is 1. The Labute approximate surface area is 66.1 Å². The van der Waals surface area contributed by atoms with Gasteiger partial charge in [0.15, 0.2) is 0 Å². The second-order valence-corrected chi connectivity index (χ2v) is 2.48. The van der Waals surface area contributed by atoms with Gasteiger partial charge < -0.3 is 0 Å². The molecule has 0 bridgehead atoms. The predicted molar refractivity (Wildman–Crippen MR) is 45.4 cm³/mol. The van der Waals surface area contributed by atoms with Crippen LogP contribution in [0.4, 0.5) is 0 Å². The van der Waals surface area contributed by atoms with Gasteiger partial charge in [0.2, 0.25) is 0 Å². The minimum Gasteiger partial charge on any atom is -0.252 e. The van der Waals surface area contributed by atoms with E-state index in [0.717, 1.165) is 11.4 Å². The molecular weight excluding hydrogens is 142 g/mol. The Bertz CT molecular complexity index is 235. The maximum Gasteiger partial charge on any atom is 0.0836 e. The van der Waals surface area contributed by atoms with Crippen LogP contribution < -0.4 is 0 Å². The zero-order valence-electron chi connectivity index (χ0n) is 6.01. The van der Waals surface area contributed by atoms with E-state index in [2.05, 4.69) is 22.6 Å². The van der Waals surface area contributed by atoms with Crippen molar-refractivity contribution in [2.45, 2.75) is 13.8 Å². The second kappa shape index (κ2) is 2.88. The van der Waals surface area contributed by atoms with Crippen LogP contribution in [0.2, 0.25) is 0 Å². The number of pyridine rings is 1. The first-order valence-electron chi connectivity index (χ1n) is 3.06. The number of hydrogen-bond acceptors (Lipinski definition) is 2. The Hall–Kier alpha value is -0.760. The van der Waals surface area contributed by atoms with E-state index in [0.29, 0.717) is 0 Å². The van der Waals surface area contributed by atoms with Crippen molar-refractivity contribution in [2.24, 2.45) is 0 Å². The lowest BCUT2D eigenvalue weighted by molar-refractivity contribution is 1.17. The summed E-state index contributed by atoms with van der Waals surface area (Å²) in [6.45, 7) is 3.97. The smallest absolute Gasteiger partial charge is 0.0836 e. The van der Waals surface area contributed by atoms with E-state index in [4.69, 9.17) is 0 Å². The molecule has 0 spiro atoms. The third-order valence-electron chi connectivity index (χ3n) is 1.20. The van der Waals surface area contributed by atoms with Crippen molar-refractivity contribution >= 4 is 17.6 Å². The molecule has 0 aliphatic heterocycles. The summed E-state index contributed by atoms with van der Waals surface area (Å²) in [7, 11) is 0. The quantitative estimate of drug-likeness (QED) is 0.567. The largest absolute Gasteiger partial charge is 0.252 e. The highest BCUT2D eigenvalue weighted by Crippen LogP contribution is 2.01. The van der Waals surface area contributed by atoms with Crippen molar-refractivity contribution < 1.29 is 0 Å². The topological polar surface area (TPSA) is 12.9 Å². The molecule has 0 unspecified atom stereocenters. The maximum atomic E-state index is 4.63. The molecule has 0 aromatic carbocycles. The van der Waals surface area contributed by atoms with Crippen molar-refractivity contribution in [3.8, 4) is 0 Å². The van der Waals surface area contributed by atoms with Crippen LogP contribution in [0.25, 0.3) is 0 Å². The van der Waals surface area contributed by atoms with Crippen molar-refractivity contribution in [3.05, 3.63) is 29.1 Å². The van der Waals surface area contributed by atoms with Crippen molar-refractivity contribution in [3.63, 3.8) is 0 Å². The predicted octanol–water partition coefficient (Wildman–Crippen LogP) is 1.92. The van der Waals surface area contributed by atoms with Gasteiger partial charge in [-0.05, 0) is 31.5 Å². The van der Waals surface area contributed by atoms with Crippen LogP contribution in [-0.2, 0) is 0 Å². The third kappa shape index (κ3) is 1.61. The SMILES string of the molecule is Cc1cc(C)nc([C]=S)c1. The van der Waals surface area contributed by atoms with E-state index in [1.807, 2.05) is 26.0 Å². The fraction of sp³-hybridized carbons (Fsp3) is 0.250. The number of hydrogen-bond donors (Lipinski definition) is 0. The van der Waals surface area contributed by atoms with E-state index in [9.17, 15) is 0 Å². The Morgan fingerprint density at radius 1 is 1.40 bits per heavy atom. The molecule has 0 amide bonds. The summed E-state index contributed by atoms with van der Waals surface area (Å²) in [6.07, 6.45) is 0. The molecule has 1 heterocycles. The molecule has 51 valence electrons. The highest BCUT2D eigenvalue weighted by atomic mass is 32.1. The van der Waals surface area contributed by atoms with Gasteiger partial charge in [-0.25, -0.2) is 0 Å². The lowest BCUT2D eigenvalue weighted by Gasteiger charge is -1.95. The average Bonchev–Trinajstić information content (AvgIpc) is 1.85. The summed E-state index contributed by atoms with van der Waals surface area (Å²) in [4.78, 5) is 4.14. The summed E-state index contributed by atoms with van der Waals surface area (Å²) in [5.74, 6) is 0. The number of aromatic nitrogens is 1. The van der Waals surface area contributed by atoms with Crippen LogP contribution in [0.15, 0.2) is 12.1 Å². The fourth-order valence-corrected chi connectivity index (χ4v) is 0.998. The average molecular weight is 150 g/mol. The van der Waals surface area contributed by atoms with E-state index >= 15 is 0 Å². The fourth-order valence-electron chi connectivity index (χ4n) is 0.894. The highest BCUT2D eigenvalue weighted by Gasteiger charge is 1.92. The van der Waals surface area contributed by atoms with Gasteiger partial charge in [0.25, 0.3) is 0 Å². The van der Waals surface area contributed by atoms with Crippen molar-refractivity contribution in [2.75, 3.05) is 0 Å². The number of aryl methyl sites for hydroxylation is 2. The van der Waals surface area contributed by atoms with E-state index in [1.165, 1.54) is 5.56 Å². The van der Waals surface area contributed by atoms with Gasteiger partial charge >= 0.3 is 0 Å². The number of thiocarbonyl (C=S) groups is 1. The van der Waals surface area contributed by atoms with Crippen molar-refractivity contribution in [1.29, 1.82) is 0 Å². The molecule has 1 nitrogen and oxygen atoms in total. The van der Waals surface area contributed by atoms with Gasteiger partial charge in [-0.2, -0.15) is 0 Å². The first-order chi connectivity index (χ1) is 4.72. The number of rotatable bonds is 1. The lowest BCUT2D eigenvalue weighted by atomic mass is 10.2. The molecule has 10 heavy (non-hydrogen) atoms. The monoisotopic (exact) mass is 150 g/mol. The van der Waals surface area contributed by atoms with Crippen LogP contribution in [0.1, 0.15) is 17.0 Å². The second-order valence-electron chi connectivity index (χ2n) is 2.27. The van der Waals surface area contributed by atoms with E-state index in [-0.39, 0.29) is 0 Å². The Balaban J connectivity index is 3.18. The summed E-state index contributed by atoms with van der Waals surface area (Å²) < 4.78 is 0. The molecule has 2 heteroatoms. The molecule has 0 N–H and O–H groups in total. The Morgan fingerprint density at radius 3 is 2.60 bits per heavy atom. The molecule has 1 rings (SSSR count). The van der Waals surface area contributed by atoms with Crippen LogP contribution in [0.3, 0.4) is 0 Å². The molecule has 1 aromatic rings. The van der Waals surface area contributed by atoms with Crippen LogP contribution in [0, 0.1) is 13.8 Å². The summed E-state index contributed by atoms with van der Waals surface area (Å²) >= 11 is 4.63. The molecule has 1 aromatic heterocycles. The molecular formula is C8H8NS. The molecule has 0 aliphatic rings. The summed E-state index contributed by atoms with van der Waals surface area (Å²) in [5, 5.41) is 2.58. The van der Waals surface area contributed by atoms with Gasteiger partial charge in [-0.15, -0.1) is 0 Å². The minimum atomic E-state index is 0.757. The first-order valence-corrected chi connectivity index (χ1v) is 3.46. The maximum absolute atomic E-state index is 4.63. The van der Waals surface area contributed by atoms with Gasteiger partial charge in [0, 0.05) is 5.69 Å². The minimum absolute atomic E-state index is 0.757. The van der Waals surface area contributed by atoms with Crippen molar-refractivity contribution in [1.82, 2.24) is 4.98 Å². The molecule has 0 atom stereocenters. The standard InChI is InChI=1S/C8H8NS/c1-6-3-7(2)9-8(4-6)5-10/h3-4H,1-2H3. The summed E-state index contributed by atoms with van der Waals surface area (Å²) in [5.41, 5.74) is 2.93. The van der Waals surface area contributed by atoms with Crippen LogP contribution in [0.5, 0.6) is 0 Å². The molecule has 1 radical (unpaired) electrons. The first kappa shape index (κ1) is 7.35. The molecule has 0 fully saturated rings. The van der Waals surface area contributed by atoms with Gasteiger partial charge in [0.1, 0.15) is 0 Å². The normalized spacial score (nSPS) is 9.40. The third-order valence-corrected chi connectivity index (χ3v) is 1.41. The van der Waals surface area contributed by atoms with Crippen LogP contribution >= 0.6 is 12.2 Å². The lowest BCUT2D eigenvalue weighted by Crippen LogP contribution is -1.89. The van der Waals surface area contributed by atoms with Gasteiger partial charge in [-0.1, -0.05) is 12.2 Å². The summed E-state index contributed by atoms with van der Waals surface area (Å²) in [6, 6.07) is 3.93. The zero-order chi connectivity index (χ0) is 7.56. The van der Waals surface area contributed by atoms with E-state index < -0.39 is 0 Å². The Kier molecular flexibility index (Phi) is 2.12. The van der Waals surface area contributed by atoms with Gasteiger partial charge in [0.05, 0.1) is 11.1 Å². The molecule has 0 saturated heterocycles. The van der Waals surface area contributed by atoms with Gasteiger partial charge in [-0.3, -0.25) is 4.98 Å². The van der Waals surface area contributed by atoms with Crippen LogP contribution in [-0.4, -0.2) is 10.4 Å². The molecule has 0 aliphatic carbocycles.